The first-order valence-corrected chi connectivity index (χ1v) is 9.04. The van der Waals surface area contributed by atoms with Crippen LogP contribution in [0.3, 0.4) is 0 Å². The Kier molecular flexibility index (Phi) is 4.64. The van der Waals surface area contributed by atoms with Gasteiger partial charge in [0.2, 0.25) is 0 Å². The lowest BCUT2D eigenvalue weighted by Gasteiger charge is -2.35. The van der Waals surface area contributed by atoms with E-state index in [0.717, 1.165) is 57.8 Å². The van der Waals surface area contributed by atoms with Gasteiger partial charge >= 0.3 is 0 Å². The van der Waals surface area contributed by atoms with E-state index < -0.39 is 0 Å². The lowest BCUT2D eigenvalue weighted by atomic mass is 9.95. The van der Waals surface area contributed by atoms with Gasteiger partial charge in [0.15, 0.2) is 0 Å². The molecule has 1 saturated carbocycles. The van der Waals surface area contributed by atoms with Crippen LogP contribution in [0.5, 0.6) is 0 Å². The Morgan fingerprint density at radius 2 is 1.91 bits per heavy atom. The van der Waals surface area contributed by atoms with Crippen LogP contribution in [0.25, 0.3) is 0 Å². The molecule has 0 aromatic carbocycles. The minimum atomic E-state index is 0.400. The van der Waals surface area contributed by atoms with Crippen LogP contribution < -0.4 is 0 Å². The van der Waals surface area contributed by atoms with Gasteiger partial charge in [0.25, 0.3) is 0 Å². The van der Waals surface area contributed by atoms with Crippen LogP contribution in [0.1, 0.15) is 43.0 Å². The fourth-order valence-electron chi connectivity index (χ4n) is 4.04. The molecule has 1 atom stereocenters. The van der Waals surface area contributed by atoms with Crippen LogP contribution in [-0.4, -0.2) is 59.9 Å². The van der Waals surface area contributed by atoms with Crippen LogP contribution in [0, 0.1) is 11.8 Å². The number of ether oxygens (including phenoxy) is 2. The molecule has 6 nitrogen and oxygen atoms in total. The van der Waals surface area contributed by atoms with E-state index in [1.165, 1.54) is 37.1 Å². The Hall–Kier alpha value is -0.980. The zero-order valence-corrected chi connectivity index (χ0v) is 14.1. The van der Waals surface area contributed by atoms with Gasteiger partial charge in [-0.25, -0.2) is 4.68 Å². The summed E-state index contributed by atoms with van der Waals surface area (Å²) in [5.74, 6) is 1.98. The first-order valence-electron chi connectivity index (χ1n) is 9.04. The van der Waals surface area contributed by atoms with Crippen molar-refractivity contribution in [2.75, 3.05) is 40.0 Å². The van der Waals surface area contributed by atoms with Gasteiger partial charge in [0, 0.05) is 52.4 Å². The van der Waals surface area contributed by atoms with Crippen LogP contribution in [-0.2, 0) is 22.6 Å². The molecule has 1 aromatic rings. The van der Waals surface area contributed by atoms with Crippen molar-refractivity contribution in [1.29, 1.82) is 0 Å². The minimum absolute atomic E-state index is 0.400. The van der Waals surface area contributed by atoms with Crippen molar-refractivity contribution in [2.24, 2.45) is 11.8 Å². The highest BCUT2D eigenvalue weighted by Gasteiger charge is 2.33. The summed E-state index contributed by atoms with van der Waals surface area (Å²) in [7, 11) is 1.80. The van der Waals surface area contributed by atoms with E-state index >= 15 is 0 Å². The number of hydrogen-bond acceptors (Lipinski definition) is 5. The van der Waals surface area contributed by atoms with Crippen LogP contribution in [0.15, 0.2) is 0 Å². The van der Waals surface area contributed by atoms with Crippen LogP contribution in [0.4, 0.5) is 0 Å². The van der Waals surface area contributed by atoms with E-state index in [1.807, 2.05) is 0 Å². The molecule has 2 fully saturated rings. The lowest BCUT2D eigenvalue weighted by molar-refractivity contribution is 0.0456. The van der Waals surface area contributed by atoms with Gasteiger partial charge in [0.05, 0.1) is 12.3 Å². The molecule has 1 aliphatic carbocycles. The molecular weight excluding hydrogens is 292 g/mol. The molecule has 6 heteroatoms. The van der Waals surface area contributed by atoms with Crippen molar-refractivity contribution >= 4 is 0 Å². The Morgan fingerprint density at radius 1 is 1.13 bits per heavy atom. The normalized spacial score (nSPS) is 26.4. The maximum absolute atomic E-state index is 5.51. The van der Waals surface area contributed by atoms with Gasteiger partial charge in [-0.3, -0.25) is 4.90 Å². The SMILES string of the molecule is COCC1CN(CC2CCOCC2)Cc2nnn(CC3CC3)c21. The molecule has 1 unspecified atom stereocenters. The summed E-state index contributed by atoms with van der Waals surface area (Å²) in [5.41, 5.74) is 2.51. The topological polar surface area (TPSA) is 52.4 Å². The van der Waals surface area contributed by atoms with E-state index in [-0.39, 0.29) is 0 Å². The van der Waals surface area contributed by atoms with Crippen molar-refractivity contribution in [3.63, 3.8) is 0 Å². The Labute approximate surface area is 138 Å². The monoisotopic (exact) mass is 320 g/mol. The maximum atomic E-state index is 5.51. The van der Waals surface area contributed by atoms with Crippen molar-refractivity contribution in [3.8, 4) is 0 Å². The second-order valence-electron chi connectivity index (χ2n) is 7.45. The predicted molar refractivity (Wildman–Crippen MR) is 86.2 cm³/mol. The van der Waals surface area contributed by atoms with Gasteiger partial charge in [-0.15, -0.1) is 5.10 Å². The number of rotatable bonds is 6. The van der Waals surface area contributed by atoms with E-state index in [1.54, 1.807) is 7.11 Å². The molecule has 0 N–H and O–H groups in total. The molecule has 1 aromatic heterocycles. The molecule has 4 rings (SSSR count). The van der Waals surface area contributed by atoms with Gasteiger partial charge in [-0.05, 0) is 37.5 Å². The quantitative estimate of drug-likeness (QED) is 0.798. The average molecular weight is 320 g/mol. The highest BCUT2D eigenvalue weighted by Crippen LogP contribution is 2.34. The molecule has 3 aliphatic rings. The molecule has 1 saturated heterocycles. The van der Waals surface area contributed by atoms with Gasteiger partial charge in [0.1, 0.15) is 5.69 Å². The molecule has 23 heavy (non-hydrogen) atoms. The third-order valence-corrected chi connectivity index (χ3v) is 5.44. The molecule has 0 amide bonds. The number of hydrogen-bond donors (Lipinski definition) is 0. The number of methoxy groups -OCH3 is 1. The molecule has 0 radical (unpaired) electrons. The third kappa shape index (κ3) is 3.59. The van der Waals surface area contributed by atoms with Gasteiger partial charge < -0.3 is 9.47 Å². The summed E-state index contributed by atoms with van der Waals surface area (Å²) < 4.78 is 13.2. The number of nitrogens with zero attached hydrogens (tertiary/aromatic N) is 4. The van der Waals surface area contributed by atoms with Gasteiger partial charge in [-0.1, -0.05) is 5.21 Å². The largest absolute Gasteiger partial charge is 0.384 e. The summed E-state index contributed by atoms with van der Waals surface area (Å²) in [6, 6.07) is 0. The molecular formula is C17H28N4O2. The average Bonchev–Trinajstić information content (AvgIpc) is 3.28. The summed E-state index contributed by atoms with van der Waals surface area (Å²) in [6.07, 6.45) is 5.07. The van der Waals surface area contributed by atoms with Crippen LogP contribution in [0.2, 0.25) is 0 Å². The predicted octanol–water partition coefficient (Wildman–Crippen LogP) is 1.66. The zero-order valence-electron chi connectivity index (χ0n) is 14.1. The van der Waals surface area contributed by atoms with Crippen LogP contribution >= 0.6 is 0 Å². The second-order valence-corrected chi connectivity index (χ2v) is 7.45. The summed E-state index contributed by atoms with van der Waals surface area (Å²) in [6.45, 7) is 6.80. The van der Waals surface area contributed by atoms with E-state index in [9.17, 15) is 0 Å². The molecule has 0 bridgehead atoms. The van der Waals surface area contributed by atoms with E-state index in [4.69, 9.17) is 9.47 Å². The smallest absolute Gasteiger partial charge is 0.100 e. The maximum Gasteiger partial charge on any atom is 0.100 e. The Bertz CT molecular complexity index is 523. The molecule has 2 aliphatic heterocycles. The zero-order chi connectivity index (χ0) is 15.6. The van der Waals surface area contributed by atoms with E-state index in [0.29, 0.717) is 5.92 Å². The summed E-state index contributed by atoms with van der Waals surface area (Å²) in [4.78, 5) is 2.55. The summed E-state index contributed by atoms with van der Waals surface area (Å²) >= 11 is 0. The Morgan fingerprint density at radius 3 is 2.65 bits per heavy atom. The van der Waals surface area contributed by atoms with E-state index in [2.05, 4.69) is 19.9 Å². The number of aromatic nitrogens is 3. The number of fused-ring (bicyclic) bond motifs is 1. The highest BCUT2D eigenvalue weighted by molar-refractivity contribution is 5.20. The third-order valence-electron chi connectivity index (χ3n) is 5.44. The lowest BCUT2D eigenvalue weighted by Crippen LogP contribution is -2.40. The Balaban J connectivity index is 1.47. The highest BCUT2D eigenvalue weighted by atomic mass is 16.5. The van der Waals surface area contributed by atoms with Crippen molar-refractivity contribution < 1.29 is 9.47 Å². The fraction of sp³-hybridized carbons (Fsp3) is 0.882. The second kappa shape index (κ2) is 6.87. The van der Waals surface area contributed by atoms with Gasteiger partial charge in [-0.2, -0.15) is 0 Å². The molecule has 0 spiro atoms. The standard InChI is InChI=1S/C17H28N4O2/c1-22-12-15-10-20(8-14-4-6-23-7-5-14)11-16-17(15)21(19-18-16)9-13-2-3-13/h13-15H,2-12H2,1H3. The van der Waals surface area contributed by atoms with Crippen molar-refractivity contribution in [3.05, 3.63) is 11.4 Å². The molecule has 128 valence electrons. The first kappa shape index (κ1) is 15.5. The molecule has 3 heterocycles. The summed E-state index contributed by atoms with van der Waals surface area (Å²) in [5, 5.41) is 8.96. The van der Waals surface area contributed by atoms with Crippen molar-refractivity contribution in [2.45, 2.75) is 44.7 Å². The fourth-order valence-corrected chi connectivity index (χ4v) is 4.04. The van der Waals surface area contributed by atoms with Crippen molar-refractivity contribution in [1.82, 2.24) is 19.9 Å². The minimum Gasteiger partial charge on any atom is -0.384 e. The first-order chi connectivity index (χ1) is 11.3.